The molecule has 0 fully saturated rings. The predicted molar refractivity (Wildman–Crippen MR) is 288 cm³/mol. The third-order valence-electron chi connectivity index (χ3n) is 13.1. The van der Waals surface area contributed by atoms with E-state index < -0.39 is 51.8 Å². The molecule has 0 saturated carbocycles. The summed E-state index contributed by atoms with van der Waals surface area (Å²) < 4.78 is 32.9. The minimum Gasteiger partial charge on any atom is -0.462 e. The van der Waals surface area contributed by atoms with E-state index in [9.17, 15) is 24.2 Å². The number of allylic oxidation sites excluding steroid dienone is 4. The first-order valence-electron chi connectivity index (χ1n) is 29.3. The number of phosphoric acid groups is 1. The Morgan fingerprint density at radius 3 is 1.13 bits per heavy atom. The summed E-state index contributed by atoms with van der Waals surface area (Å²) in [5.41, 5.74) is 0. The van der Waals surface area contributed by atoms with Crippen LogP contribution in [0, 0.1) is 0 Å². The van der Waals surface area contributed by atoms with Crippen LogP contribution in [0.1, 0.15) is 296 Å². The van der Waals surface area contributed by atoms with Crippen LogP contribution < -0.4 is 0 Å². The average Bonchev–Trinajstić information content (AvgIpc) is 3.34. The van der Waals surface area contributed by atoms with Gasteiger partial charge in [0.15, 0.2) is 6.10 Å². The number of hydrogen-bond donors (Lipinski definition) is 3. The Balaban J connectivity index is 4.11. The van der Waals surface area contributed by atoms with Gasteiger partial charge >= 0.3 is 19.8 Å². The standard InChI is InChI=1S/C58H111O10P/c1-3-5-7-9-11-13-15-17-19-21-23-25-27-29-31-33-35-37-39-41-43-45-47-49-57(61)65-53-56(54-67-69(63,64)66-52-55(60)51-59)68-58(62)50-48-46-44-42-40-38-36-34-32-30-28-26-24-22-20-18-16-14-12-10-8-6-4-2/h34,36,42,44,55-56,59-60H,3-33,35,37-41,43,45-54H2,1-2H3,(H,63,64)/b36-34+,44-42+/t55-,56+/m0/s1. The number of esters is 2. The van der Waals surface area contributed by atoms with E-state index >= 15 is 0 Å². The average molecular weight is 999 g/mol. The minimum absolute atomic E-state index is 0.128. The molecule has 0 heterocycles. The van der Waals surface area contributed by atoms with Crippen molar-refractivity contribution in [2.24, 2.45) is 0 Å². The molecule has 0 saturated heterocycles. The van der Waals surface area contributed by atoms with Crippen LogP contribution in [0.25, 0.3) is 0 Å². The highest BCUT2D eigenvalue weighted by Gasteiger charge is 2.27. The van der Waals surface area contributed by atoms with Crippen molar-refractivity contribution in [2.75, 3.05) is 26.4 Å². The molecule has 3 N–H and O–H groups in total. The molecule has 0 aliphatic rings. The van der Waals surface area contributed by atoms with Crippen LogP contribution in [0.15, 0.2) is 24.3 Å². The van der Waals surface area contributed by atoms with Gasteiger partial charge in [-0.15, -0.1) is 0 Å². The zero-order valence-electron chi connectivity index (χ0n) is 45.1. The summed E-state index contributed by atoms with van der Waals surface area (Å²) in [5.74, 6) is -0.956. The van der Waals surface area contributed by atoms with Crippen molar-refractivity contribution in [1.29, 1.82) is 0 Å². The van der Waals surface area contributed by atoms with Crippen LogP contribution in [0.5, 0.6) is 0 Å². The van der Waals surface area contributed by atoms with E-state index in [0.29, 0.717) is 19.3 Å². The lowest BCUT2D eigenvalue weighted by molar-refractivity contribution is -0.161. The Bertz CT molecular complexity index is 1200. The topological polar surface area (TPSA) is 149 Å². The fraction of sp³-hybridized carbons (Fsp3) is 0.897. The van der Waals surface area contributed by atoms with Gasteiger partial charge in [-0.3, -0.25) is 18.6 Å². The van der Waals surface area contributed by atoms with E-state index in [0.717, 1.165) is 38.5 Å². The molecule has 0 bridgehead atoms. The van der Waals surface area contributed by atoms with Crippen molar-refractivity contribution in [3.63, 3.8) is 0 Å². The van der Waals surface area contributed by atoms with Gasteiger partial charge in [0.2, 0.25) is 0 Å². The molecule has 0 amide bonds. The number of hydrogen-bond acceptors (Lipinski definition) is 9. The number of aliphatic hydroxyl groups excluding tert-OH is 2. The van der Waals surface area contributed by atoms with Gasteiger partial charge in [0.05, 0.1) is 19.8 Å². The van der Waals surface area contributed by atoms with Crippen molar-refractivity contribution < 1.29 is 47.8 Å². The predicted octanol–water partition coefficient (Wildman–Crippen LogP) is 17.2. The number of carbonyl (C=O) groups excluding carboxylic acids is 2. The van der Waals surface area contributed by atoms with Gasteiger partial charge in [-0.1, -0.05) is 263 Å². The SMILES string of the molecule is CCCCCCCCCCCCCCCC/C=C/CC/C=C/CCCC(=O)O[C@H](COC(=O)CCCCCCCCCCCCCCCCCCCCCCCCC)COP(=O)(O)OC[C@@H](O)CO. The third kappa shape index (κ3) is 54.1. The molecule has 11 heteroatoms. The van der Waals surface area contributed by atoms with Crippen molar-refractivity contribution in [3.8, 4) is 0 Å². The van der Waals surface area contributed by atoms with Gasteiger partial charge in [0.1, 0.15) is 12.7 Å². The van der Waals surface area contributed by atoms with E-state index in [-0.39, 0.29) is 19.4 Å². The van der Waals surface area contributed by atoms with Gasteiger partial charge in [-0.25, -0.2) is 4.57 Å². The lowest BCUT2D eigenvalue weighted by Crippen LogP contribution is -2.29. The minimum atomic E-state index is -4.63. The molecule has 69 heavy (non-hydrogen) atoms. The van der Waals surface area contributed by atoms with E-state index in [1.165, 1.54) is 212 Å². The molecule has 0 aromatic rings. The second kappa shape index (κ2) is 54.2. The molecule has 0 spiro atoms. The van der Waals surface area contributed by atoms with Crippen LogP contribution in [0.2, 0.25) is 0 Å². The number of aliphatic hydroxyl groups is 2. The summed E-state index contributed by atoms with van der Waals surface area (Å²) in [7, 11) is -4.63. The molecule has 10 nitrogen and oxygen atoms in total. The molecular formula is C58H111O10P. The summed E-state index contributed by atoms with van der Waals surface area (Å²) in [6.07, 6.45) is 60.3. The molecule has 0 rings (SSSR count). The summed E-state index contributed by atoms with van der Waals surface area (Å²) in [6, 6.07) is 0. The van der Waals surface area contributed by atoms with E-state index in [1.807, 2.05) is 0 Å². The Morgan fingerprint density at radius 1 is 0.420 bits per heavy atom. The first-order chi connectivity index (χ1) is 33.7. The zero-order valence-corrected chi connectivity index (χ0v) is 45.9. The molecule has 0 aliphatic heterocycles. The number of unbranched alkanes of at least 4 members (excludes halogenated alkanes) is 38. The Morgan fingerprint density at radius 2 is 0.739 bits per heavy atom. The molecule has 0 aliphatic carbocycles. The normalized spacial score (nSPS) is 13.6. The molecule has 0 aromatic heterocycles. The third-order valence-corrected chi connectivity index (χ3v) is 14.0. The van der Waals surface area contributed by atoms with Crippen LogP contribution in [-0.4, -0.2) is 65.7 Å². The van der Waals surface area contributed by atoms with E-state index in [4.69, 9.17) is 23.6 Å². The highest BCUT2D eigenvalue weighted by atomic mass is 31.2. The zero-order chi connectivity index (χ0) is 50.4. The Labute approximate surface area is 425 Å². The van der Waals surface area contributed by atoms with Crippen LogP contribution >= 0.6 is 7.82 Å². The largest absolute Gasteiger partial charge is 0.472 e. The van der Waals surface area contributed by atoms with Gasteiger partial charge in [-0.2, -0.15) is 0 Å². The second-order valence-corrected chi connectivity index (χ2v) is 21.5. The number of rotatable bonds is 56. The molecule has 3 atom stereocenters. The lowest BCUT2D eigenvalue weighted by Gasteiger charge is -2.20. The van der Waals surface area contributed by atoms with Crippen molar-refractivity contribution in [3.05, 3.63) is 24.3 Å². The quantitative estimate of drug-likeness (QED) is 0.0233. The molecule has 408 valence electrons. The molecular weight excluding hydrogens is 888 g/mol. The first-order valence-corrected chi connectivity index (χ1v) is 30.8. The molecule has 0 radical (unpaired) electrons. The van der Waals surface area contributed by atoms with Crippen LogP contribution in [0.3, 0.4) is 0 Å². The van der Waals surface area contributed by atoms with Crippen LogP contribution in [-0.2, 0) is 32.7 Å². The monoisotopic (exact) mass is 999 g/mol. The molecule has 1 unspecified atom stereocenters. The van der Waals surface area contributed by atoms with E-state index in [2.05, 4.69) is 38.2 Å². The fourth-order valence-electron chi connectivity index (χ4n) is 8.61. The maximum Gasteiger partial charge on any atom is 0.472 e. The highest BCUT2D eigenvalue weighted by molar-refractivity contribution is 7.47. The summed E-state index contributed by atoms with van der Waals surface area (Å²) in [5, 5.41) is 18.4. The Hall–Kier alpha value is -1.55. The van der Waals surface area contributed by atoms with Gasteiger partial charge in [0.25, 0.3) is 0 Å². The number of carbonyl (C=O) groups is 2. The van der Waals surface area contributed by atoms with Crippen molar-refractivity contribution in [1.82, 2.24) is 0 Å². The highest BCUT2D eigenvalue weighted by Crippen LogP contribution is 2.43. The Kier molecular flexibility index (Phi) is 53.0. The summed E-state index contributed by atoms with van der Waals surface area (Å²) in [4.78, 5) is 35.3. The lowest BCUT2D eigenvalue weighted by atomic mass is 10.0. The maximum absolute atomic E-state index is 12.7. The van der Waals surface area contributed by atoms with E-state index in [1.54, 1.807) is 0 Å². The summed E-state index contributed by atoms with van der Waals surface area (Å²) in [6.45, 7) is 2.42. The first kappa shape index (κ1) is 67.5. The number of phosphoric ester groups is 1. The maximum atomic E-state index is 12.7. The fourth-order valence-corrected chi connectivity index (χ4v) is 9.40. The van der Waals surface area contributed by atoms with Crippen molar-refractivity contribution in [2.45, 2.75) is 309 Å². The molecule has 0 aromatic carbocycles. The summed E-state index contributed by atoms with van der Waals surface area (Å²) >= 11 is 0. The smallest absolute Gasteiger partial charge is 0.462 e. The van der Waals surface area contributed by atoms with Gasteiger partial charge in [-0.05, 0) is 44.9 Å². The van der Waals surface area contributed by atoms with Crippen LogP contribution in [0.4, 0.5) is 0 Å². The van der Waals surface area contributed by atoms with Gasteiger partial charge in [0, 0.05) is 12.8 Å². The number of ether oxygens (including phenoxy) is 2. The second-order valence-electron chi connectivity index (χ2n) is 20.0. The van der Waals surface area contributed by atoms with Crippen molar-refractivity contribution >= 4 is 19.8 Å². The van der Waals surface area contributed by atoms with Gasteiger partial charge < -0.3 is 24.6 Å².